The van der Waals surface area contributed by atoms with Gasteiger partial charge in [-0.25, -0.2) is 0 Å². The lowest BCUT2D eigenvalue weighted by Gasteiger charge is -2.22. The number of hydrogen-bond acceptors (Lipinski definition) is 4. The van der Waals surface area contributed by atoms with Crippen LogP contribution in [0.3, 0.4) is 0 Å². The smallest absolute Gasteiger partial charge is 0.250 e. The van der Waals surface area contributed by atoms with E-state index in [2.05, 4.69) is 15.7 Å². The van der Waals surface area contributed by atoms with Crippen molar-refractivity contribution in [2.45, 2.75) is 32.3 Å². The summed E-state index contributed by atoms with van der Waals surface area (Å²) in [6.45, 7) is 4.07. The lowest BCUT2D eigenvalue weighted by molar-refractivity contribution is -0.123. The molecule has 1 amide bonds. The minimum atomic E-state index is -0.110. The number of hydrogen-bond donors (Lipinski definition) is 2. The maximum absolute atomic E-state index is 11.8. The molecule has 0 radical (unpaired) electrons. The molecular formula is C13H22N4O2. The summed E-state index contributed by atoms with van der Waals surface area (Å²) in [6, 6.07) is 0. The SMILES string of the molecule is CCc1nn(C)cc1NC(=O)COC1CCNCC1. The molecule has 1 saturated heterocycles. The molecule has 1 aromatic rings. The predicted octanol–water partition coefficient (Wildman–Crippen LogP) is 0.690. The average molecular weight is 266 g/mol. The van der Waals surface area contributed by atoms with Gasteiger partial charge in [0.1, 0.15) is 6.61 Å². The van der Waals surface area contributed by atoms with Crippen molar-refractivity contribution in [2.75, 3.05) is 25.0 Å². The first-order valence-corrected chi connectivity index (χ1v) is 6.83. The number of aromatic nitrogens is 2. The fraction of sp³-hybridized carbons (Fsp3) is 0.692. The van der Waals surface area contributed by atoms with Crippen LogP contribution >= 0.6 is 0 Å². The molecule has 6 nitrogen and oxygen atoms in total. The van der Waals surface area contributed by atoms with Crippen LogP contribution in [0.4, 0.5) is 5.69 Å². The number of carbonyl (C=O) groups excluding carboxylic acids is 1. The Labute approximate surface area is 113 Å². The van der Waals surface area contributed by atoms with Crippen LogP contribution < -0.4 is 10.6 Å². The normalized spacial score (nSPS) is 16.5. The number of amides is 1. The van der Waals surface area contributed by atoms with Crippen molar-refractivity contribution in [3.05, 3.63) is 11.9 Å². The number of anilines is 1. The summed E-state index contributed by atoms with van der Waals surface area (Å²) in [4.78, 5) is 11.8. The maximum Gasteiger partial charge on any atom is 0.250 e. The van der Waals surface area contributed by atoms with E-state index in [0.717, 1.165) is 43.7 Å². The van der Waals surface area contributed by atoms with E-state index in [1.165, 1.54) is 0 Å². The van der Waals surface area contributed by atoms with Gasteiger partial charge in [-0.05, 0) is 32.4 Å². The Morgan fingerprint density at radius 3 is 3.00 bits per heavy atom. The largest absolute Gasteiger partial charge is 0.368 e. The molecule has 6 heteroatoms. The molecule has 19 heavy (non-hydrogen) atoms. The van der Waals surface area contributed by atoms with Crippen molar-refractivity contribution in [1.82, 2.24) is 15.1 Å². The number of piperidine rings is 1. The van der Waals surface area contributed by atoms with Crippen LogP contribution in [0.5, 0.6) is 0 Å². The number of nitrogens with zero attached hydrogens (tertiary/aromatic N) is 2. The van der Waals surface area contributed by atoms with Gasteiger partial charge >= 0.3 is 0 Å². The zero-order valence-electron chi connectivity index (χ0n) is 11.6. The first kappa shape index (κ1) is 14.0. The molecule has 0 aliphatic carbocycles. The average Bonchev–Trinajstić information content (AvgIpc) is 2.77. The Hall–Kier alpha value is -1.40. The van der Waals surface area contributed by atoms with Crippen molar-refractivity contribution in [2.24, 2.45) is 7.05 Å². The molecule has 0 saturated carbocycles. The van der Waals surface area contributed by atoms with E-state index in [9.17, 15) is 4.79 Å². The standard InChI is InChI=1S/C13H22N4O2/c1-3-11-12(8-17(2)16-11)15-13(18)9-19-10-4-6-14-7-5-10/h8,10,14H,3-7,9H2,1-2H3,(H,15,18). The van der Waals surface area contributed by atoms with Crippen LogP contribution in [0.15, 0.2) is 6.20 Å². The van der Waals surface area contributed by atoms with Gasteiger partial charge in [-0.15, -0.1) is 0 Å². The summed E-state index contributed by atoms with van der Waals surface area (Å²) >= 11 is 0. The van der Waals surface area contributed by atoms with Crippen LogP contribution in [0.1, 0.15) is 25.5 Å². The second kappa shape index (κ2) is 6.68. The van der Waals surface area contributed by atoms with Crippen LogP contribution in [-0.2, 0) is 23.0 Å². The van der Waals surface area contributed by atoms with E-state index >= 15 is 0 Å². The number of nitrogens with one attached hydrogen (secondary N) is 2. The van der Waals surface area contributed by atoms with Crippen molar-refractivity contribution < 1.29 is 9.53 Å². The molecule has 1 aromatic heterocycles. The topological polar surface area (TPSA) is 68.2 Å². The molecular weight excluding hydrogens is 244 g/mol. The van der Waals surface area contributed by atoms with Gasteiger partial charge in [0.15, 0.2) is 0 Å². The van der Waals surface area contributed by atoms with Crippen LogP contribution in [0.25, 0.3) is 0 Å². The van der Waals surface area contributed by atoms with E-state index in [1.807, 2.05) is 20.2 Å². The van der Waals surface area contributed by atoms with Gasteiger partial charge < -0.3 is 15.4 Å². The monoisotopic (exact) mass is 266 g/mol. The van der Waals surface area contributed by atoms with Crippen molar-refractivity contribution >= 4 is 11.6 Å². The van der Waals surface area contributed by atoms with Gasteiger partial charge in [0.05, 0.1) is 17.5 Å². The van der Waals surface area contributed by atoms with E-state index in [4.69, 9.17) is 4.74 Å². The van der Waals surface area contributed by atoms with Gasteiger partial charge in [0.25, 0.3) is 0 Å². The number of carbonyl (C=O) groups is 1. The Morgan fingerprint density at radius 2 is 2.32 bits per heavy atom. The van der Waals surface area contributed by atoms with Crippen molar-refractivity contribution in [3.63, 3.8) is 0 Å². The molecule has 1 aliphatic heterocycles. The molecule has 2 rings (SSSR count). The molecule has 0 atom stereocenters. The summed E-state index contributed by atoms with van der Waals surface area (Å²) in [6.07, 6.45) is 4.76. The molecule has 0 aromatic carbocycles. The molecule has 2 heterocycles. The molecule has 1 aliphatic rings. The highest BCUT2D eigenvalue weighted by Crippen LogP contribution is 2.14. The Kier molecular flexibility index (Phi) is 4.93. The highest BCUT2D eigenvalue weighted by molar-refractivity contribution is 5.92. The Bertz CT molecular complexity index is 424. The van der Waals surface area contributed by atoms with Gasteiger partial charge in [0, 0.05) is 13.2 Å². The number of rotatable bonds is 5. The molecule has 106 valence electrons. The zero-order chi connectivity index (χ0) is 13.7. The minimum absolute atomic E-state index is 0.110. The fourth-order valence-electron chi connectivity index (χ4n) is 2.24. The lowest BCUT2D eigenvalue weighted by atomic mass is 10.1. The van der Waals surface area contributed by atoms with Crippen molar-refractivity contribution in [3.8, 4) is 0 Å². The van der Waals surface area contributed by atoms with Gasteiger partial charge in [0.2, 0.25) is 5.91 Å². The van der Waals surface area contributed by atoms with E-state index in [-0.39, 0.29) is 18.6 Å². The van der Waals surface area contributed by atoms with Crippen LogP contribution in [-0.4, -0.2) is 41.5 Å². The highest BCUT2D eigenvalue weighted by atomic mass is 16.5. The third-order valence-electron chi connectivity index (χ3n) is 3.25. The third kappa shape index (κ3) is 4.04. The van der Waals surface area contributed by atoms with Gasteiger partial charge in [-0.1, -0.05) is 6.92 Å². The summed E-state index contributed by atoms with van der Waals surface area (Å²) < 4.78 is 7.33. The zero-order valence-corrected chi connectivity index (χ0v) is 11.6. The summed E-state index contributed by atoms with van der Waals surface area (Å²) in [5, 5.41) is 10.4. The first-order valence-electron chi connectivity index (χ1n) is 6.83. The van der Waals surface area contributed by atoms with Crippen LogP contribution in [0.2, 0.25) is 0 Å². The van der Waals surface area contributed by atoms with E-state index in [0.29, 0.717) is 0 Å². The first-order chi connectivity index (χ1) is 9.19. The second-order valence-corrected chi connectivity index (χ2v) is 4.83. The summed E-state index contributed by atoms with van der Waals surface area (Å²) in [7, 11) is 1.85. The minimum Gasteiger partial charge on any atom is -0.368 e. The Balaban J connectivity index is 1.80. The molecule has 1 fully saturated rings. The highest BCUT2D eigenvalue weighted by Gasteiger charge is 2.15. The molecule has 0 unspecified atom stereocenters. The van der Waals surface area contributed by atoms with Crippen molar-refractivity contribution in [1.29, 1.82) is 0 Å². The van der Waals surface area contributed by atoms with Gasteiger partial charge in [-0.3, -0.25) is 9.48 Å². The van der Waals surface area contributed by atoms with E-state index in [1.54, 1.807) is 4.68 Å². The predicted molar refractivity (Wildman–Crippen MR) is 73.1 cm³/mol. The second-order valence-electron chi connectivity index (χ2n) is 4.83. The van der Waals surface area contributed by atoms with Gasteiger partial charge in [-0.2, -0.15) is 5.10 Å². The maximum atomic E-state index is 11.8. The summed E-state index contributed by atoms with van der Waals surface area (Å²) in [5.41, 5.74) is 1.68. The number of ether oxygens (including phenoxy) is 1. The molecule has 2 N–H and O–H groups in total. The van der Waals surface area contributed by atoms with Crippen LogP contribution in [0, 0.1) is 0 Å². The molecule has 0 bridgehead atoms. The summed E-state index contributed by atoms with van der Waals surface area (Å²) in [5.74, 6) is -0.110. The van der Waals surface area contributed by atoms with E-state index < -0.39 is 0 Å². The molecule has 0 spiro atoms. The lowest BCUT2D eigenvalue weighted by Crippen LogP contribution is -2.34. The number of aryl methyl sites for hydroxylation is 2. The Morgan fingerprint density at radius 1 is 1.58 bits per heavy atom. The third-order valence-corrected chi connectivity index (χ3v) is 3.25. The fourth-order valence-corrected chi connectivity index (χ4v) is 2.24. The quantitative estimate of drug-likeness (QED) is 0.823.